The quantitative estimate of drug-likeness (QED) is 0.277. The van der Waals surface area contributed by atoms with Crippen LogP contribution in [0, 0.1) is 29.5 Å². The number of hydrogen-bond acceptors (Lipinski definition) is 7. The predicted octanol–water partition coefficient (Wildman–Crippen LogP) is 5.61. The SMILES string of the molecule is C#Cc1cccc2cccc(-c3ccc4c(N5CCN(C(=O)O)[C@@H](CC#N)C5)nc(OC[C@@]56CCCN5C[C@H](F)C6)nc4c3F)c12. The second-order valence-electron chi connectivity index (χ2n) is 12.3. The Hall–Kier alpha value is -5.00. The normalized spacial score (nSPS) is 23.0. The average molecular weight is 623 g/mol. The first-order valence-corrected chi connectivity index (χ1v) is 15.4. The predicted molar refractivity (Wildman–Crippen MR) is 170 cm³/mol. The van der Waals surface area contributed by atoms with E-state index in [-0.39, 0.29) is 44.2 Å². The minimum atomic E-state index is -1.10. The molecule has 46 heavy (non-hydrogen) atoms. The van der Waals surface area contributed by atoms with Gasteiger partial charge in [0, 0.05) is 54.5 Å². The molecule has 3 saturated heterocycles. The topological polar surface area (TPSA) is 106 Å². The highest BCUT2D eigenvalue weighted by Gasteiger charge is 2.49. The molecule has 0 bridgehead atoms. The van der Waals surface area contributed by atoms with Gasteiger partial charge in [-0.2, -0.15) is 15.2 Å². The number of carboxylic acid groups (broad SMARTS) is 1. The first kappa shape index (κ1) is 29.7. The van der Waals surface area contributed by atoms with Gasteiger partial charge in [-0.3, -0.25) is 4.90 Å². The van der Waals surface area contributed by atoms with Crippen LogP contribution in [0.1, 0.15) is 31.2 Å². The summed E-state index contributed by atoms with van der Waals surface area (Å²) < 4.78 is 37.5. The van der Waals surface area contributed by atoms with Gasteiger partial charge in [-0.05, 0) is 42.5 Å². The largest absolute Gasteiger partial charge is 0.465 e. The number of alkyl halides is 1. The van der Waals surface area contributed by atoms with Crippen LogP contribution in [0.15, 0.2) is 48.5 Å². The van der Waals surface area contributed by atoms with Crippen molar-refractivity contribution in [3.63, 3.8) is 0 Å². The maximum absolute atomic E-state index is 16.8. The Labute approximate surface area is 265 Å². The van der Waals surface area contributed by atoms with Crippen LogP contribution < -0.4 is 9.64 Å². The molecule has 3 aliphatic heterocycles. The summed E-state index contributed by atoms with van der Waals surface area (Å²) in [6.07, 6.45) is 5.88. The third kappa shape index (κ3) is 5.01. The molecule has 234 valence electrons. The van der Waals surface area contributed by atoms with Crippen molar-refractivity contribution < 1.29 is 23.4 Å². The number of rotatable bonds is 6. The number of halogens is 2. The number of benzene rings is 3. The van der Waals surface area contributed by atoms with E-state index in [0.29, 0.717) is 40.9 Å². The number of nitrogens with zero attached hydrogens (tertiary/aromatic N) is 6. The van der Waals surface area contributed by atoms with Crippen LogP contribution in [0.2, 0.25) is 0 Å². The molecule has 1 N–H and O–H groups in total. The van der Waals surface area contributed by atoms with Crippen molar-refractivity contribution in [1.29, 1.82) is 5.26 Å². The Morgan fingerprint density at radius 3 is 2.72 bits per heavy atom. The third-order valence-electron chi connectivity index (χ3n) is 9.70. The molecule has 1 aromatic heterocycles. The first-order valence-electron chi connectivity index (χ1n) is 15.4. The molecule has 0 aliphatic carbocycles. The number of hydrogen-bond donors (Lipinski definition) is 1. The molecule has 7 rings (SSSR count). The monoisotopic (exact) mass is 622 g/mol. The van der Waals surface area contributed by atoms with E-state index >= 15 is 4.39 Å². The van der Waals surface area contributed by atoms with E-state index in [2.05, 4.69) is 21.9 Å². The van der Waals surface area contributed by atoms with Crippen molar-refractivity contribution in [1.82, 2.24) is 19.8 Å². The van der Waals surface area contributed by atoms with E-state index in [9.17, 15) is 19.6 Å². The fourth-order valence-corrected chi connectivity index (χ4v) is 7.55. The van der Waals surface area contributed by atoms with Gasteiger partial charge in [0.2, 0.25) is 0 Å². The molecule has 4 aromatic rings. The summed E-state index contributed by atoms with van der Waals surface area (Å²) in [5.41, 5.74) is 1.16. The number of piperazine rings is 1. The summed E-state index contributed by atoms with van der Waals surface area (Å²) in [5, 5.41) is 21.2. The lowest BCUT2D eigenvalue weighted by molar-refractivity contribution is 0.107. The molecule has 3 aliphatic rings. The first-order chi connectivity index (χ1) is 22.3. The van der Waals surface area contributed by atoms with E-state index < -0.39 is 29.7 Å². The zero-order valence-electron chi connectivity index (χ0n) is 25.1. The minimum Gasteiger partial charge on any atom is -0.465 e. The van der Waals surface area contributed by atoms with Crippen LogP contribution in [0.25, 0.3) is 32.8 Å². The summed E-state index contributed by atoms with van der Waals surface area (Å²) >= 11 is 0. The molecule has 4 heterocycles. The van der Waals surface area contributed by atoms with E-state index in [0.717, 1.165) is 30.2 Å². The van der Waals surface area contributed by atoms with E-state index in [4.69, 9.17) is 16.1 Å². The van der Waals surface area contributed by atoms with Gasteiger partial charge < -0.3 is 19.6 Å². The highest BCUT2D eigenvalue weighted by atomic mass is 19.1. The van der Waals surface area contributed by atoms with Gasteiger partial charge in [0.25, 0.3) is 0 Å². The van der Waals surface area contributed by atoms with Crippen molar-refractivity contribution in [3.8, 4) is 35.6 Å². The molecular formula is C35H32F2N6O3. The van der Waals surface area contributed by atoms with Crippen LogP contribution in [-0.2, 0) is 0 Å². The number of terminal acetylenes is 1. The Kier molecular flexibility index (Phi) is 7.58. The summed E-state index contributed by atoms with van der Waals surface area (Å²) in [4.78, 5) is 26.5. The number of fused-ring (bicyclic) bond motifs is 3. The lowest BCUT2D eigenvalue weighted by atomic mass is 9.93. The summed E-state index contributed by atoms with van der Waals surface area (Å²) in [7, 11) is 0. The minimum absolute atomic E-state index is 0.00493. The van der Waals surface area contributed by atoms with Crippen molar-refractivity contribution in [3.05, 3.63) is 59.9 Å². The number of anilines is 1. The molecule has 3 atom stereocenters. The molecule has 0 unspecified atom stereocenters. The number of ether oxygens (including phenoxy) is 1. The standard InChI is InChI=1S/C35H32F2N6O3/c1-2-22-6-3-7-23-8-4-9-26(29(22)23)27-10-11-28-31(30(27)37)39-33(46-21-35-13-5-15-42(35)19-24(36)18-35)40-32(28)41-16-17-43(34(44)45)25(20-41)12-14-38/h1,3-4,6-11,24-25H,5,12-13,15-21H2,(H,44,45)/t24-,25+,35+/m1/s1. The van der Waals surface area contributed by atoms with Gasteiger partial charge in [-0.25, -0.2) is 13.6 Å². The van der Waals surface area contributed by atoms with E-state index in [1.54, 1.807) is 12.1 Å². The van der Waals surface area contributed by atoms with Crippen LogP contribution in [0.5, 0.6) is 6.01 Å². The molecule has 3 fully saturated rings. The second kappa shape index (κ2) is 11.7. The van der Waals surface area contributed by atoms with Crippen molar-refractivity contribution >= 4 is 33.6 Å². The zero-order valence-corrected chi connectivity index (χ0v) is 25.1. The van der Waals surface area contributed by atoms with E-state index in [1.165, 1.54) is 4.90 Å². The molecule has 0 radical (unpaired) electrons. The van der Waals surface area contributed by atoms with Crippen molar-refractivity contribution in [2.24, 2.45) is 0 Å². The van der Waals surface area contributed by atoms with Crippen LogP contribution in [-0.4, -0.2) is 88.1 Å². The lowest BCUT2D eigenvalue weighted by Crippen LogP contribution is -2.55. The Morgan fingerprint density at radius 2 is 1.93 bits per heavy atom. The van der Waals surface area contributed by atoms with Crippen molar-refractivity contribution in [2.75, 3.05) is 44.2 Å². The second-order valence-corrected chi connectivity index (χ2v) is 12.3. The average Bonchev–Trinajstić information content (AvgIpc) is 3.59. The van der Waals surface area contributed by atoms with Crippen LogP contribution >= 0.6 is 0 Å². The number of carbonyl (C=O) groups is 1. The highest BCUT2D eigenvalue weighted by molar-refractivity contribution is 6.03. The fourth-order valence-electron chi connectivity index (χ4n) is 7.55. The molecule has 0 saturated carbocycles. The summed E-state index contributed by atoms with van der Waals surface area (Å²) in [5.74, 6) is 2.52. The number of aromatic nitrogens is 2. The third-order valence-corrected chi connectivity index (χ3v) is 9.70. The number of amides is 1. The molecule has 3 aromatic carbocycles. The smallest absolute Gasteiger partial charge is 0.407 e. The van der Waals surface area contributed by atoms with Crippen LogP contribution in [0.4, 0.5) is 19.4 Å². The summed E-state index contributed by atoms with van der Waals surface area (Å²) in [6.45, 7) is 1.93. The van der Waals surface area contributed by atoms with Crippen LogP contribution in [0.3, 0.4) is 0 Å². The lowest BCUT2D eigenvalue weighted by Gasteiger charge is -2.40. The van der Waals surface area contributed by atoms with Gasteiger partial charge >= 0.3 is 12.1 Å². The van der Waals surface area contributed by atoms with Gasteiger partial charge in [0.1, 0.15) is 24.1 Å². The van der Waals surface area contributed by atoms with Crippen molar-refractivity contribution in [2.45, 2.75) is 43.4 Å². The Bertz CT molecular complexity index is 1930. The maximum atomic E-state index is 16.8. The van der Waals surface area contributed by atoms with Gasteiger partial charge in [-0.15, -0.1) is 6.42 Å². The molecule has 11 heteroatoms. The highest BCUT2D eigenvalue weighted by Crippen LogP contribution is 2.41. The molecule has 1 amide bonds. The Balaban J connectivity index is 1.35. The van der Waals surface area contributed by atoms with E-state index in [1.807, 2.05) is 41.3 Å². The molecule has 0 spiro atoms. The maximum Gasteiger partial charge on any atom is 0.407 e. The fraction of sp³-hybridized carbons (Fsp3) is 0.371. The van der Waals surface area contributed by atoms with Gasteiger partial charge in [0.05, 0.1) is 24.1 Å². The molecule has 9 nitrogen and oxygen atoms in total. The Morgan fingerprint density at radius 1 is 1.11 bits per heavy atom. The van der Waals surface area contributed by atoms with Gasteiger partial charge in [0.15, 0.2) is 5.82 Å². The number of nitriles is 1. The van der Waals surface area contributed by atoms with Gasteiger partial charge in [-0.1, -0.05) is 42.3 Å². The zero-order chi connectivity index (χ0) is 32.0. The molecular weight excluding hydrogens is 590 g/mol. The summed E-state index contributed by atoms with van der Waals surface area (Å²) in [6, 6.07) is 16.1.